The summed E-state index contributed by atoms with van der Waals surface area (Å²) in [7, 11) is 0. The van der Waals surface area contributed by atoms with Crippen molar-refractivity contribution >= 4 is 11.6 Å². The number of benzene rings is 1. The zero-order valence-electron chi connectivity index (χ0n) is 8.85. The van der Waals surface area contributed by atoms with Crippen molar-refractivity contribution in [2.75, 3.05) is 0 Å². The van der Waals surface area contributed by atoms with Crippen molar-refractivity contribution < 1.29 is 8.78 Å². The van der Waals surface area contributed by atoms with Crippen LogP contribution in [0.5, 0.6) is 0 Å². The first-order chi connectivity index (χ1) is 7.48. The SMILES string of the molecule is NC1CCC(F)(Cc2ccc(F)cc2Cl)C1. The molecule has 2 atom stereocenters. The van der Waals surface area contributed by atoms with Crippen LogP contribution in [0.15, 0.2) is 18.2 Å². The Morgan fingerprint density at radius 3 is 2.81 bits per heavy atom. The average molecular weight is 246 g/mol. The van der Waals surface area contributed by atoms with E-state index >= 15 is 0 Å². The first-order valence-electron chi connectivity index (χ1n) is 5.37. The summed E-state index contributed by atoms with van der Waals surface area (Å²) in [5.74, 6) is -0.398. The standard InChI is InChI=1S/C12H14ClF2N/c13-11-5-9(14)2-1-8(11)6-12(15)4-3-10(16)7-12/h1-2,5,10H,3-4,6-7,16H2. The number of rotatable bonds is 2. The molecule has 1 saturated carbocycles. The fraction of sp³-hybridized carbons (Fsp3) is 0.500. The van der Waals surface area contributed by atoms with Crippen LogP contribution in [0.4, 0.5) is 8.78 Å². The topological polar surface area (TPSA) is 26.0 Å². The summed E-state index contributed by atoms with van der Waals surface area (Å²) in [6.07, 6.45) is 1.75. The molecule has 0 spiro atoms. The van der Waals surface area contributed by atoms with Crippen LogP contribution in [0.25, 0.3) is 0 Å². The van der Waals surface area contributed by atoms with E-state index in [-0.39, 0.29) is 17.5 Å². The summed E-state index contributed by atoms with van der Waals surface area (Å²) in [5, 5.41) is 0.289. The Morgan fingerprint density at radius 2 is 2.25 bits per heavy atom. The fourth-order valence-corrected chi connectivity index (χ4v) is 2.52. The van der Waals surface area contributed by atoms with E-state index in [2.05, 4.69) is 0 Å². The monoisotopic (exact) mass is 245 g/mol. The van der Waals surface area contributed by atoms with Gasteiger partial charge in [-0.3, -0.25) is 0 Å². The van der Waals surface area contributed by atoms with Gasteiger partial charge in [-0.15, -0.1) is 0 Å². The lowest BCUT2D eigenvalue weighted by Gasteiger charge is -2.20. The van der Waals surface area contributed by atoms with Crippen molar-refractivity contribution in [1.29, 1.82) is 0 Å². The van der Waals surface area contributed by atoms with Crippen LogP contribution >= 0.6 is 11.6 Å². The van der Waals surface area contributed by atoms with Crippen LogP contribution < -0.4 is 5.73 Å². The van der Waals surface area contributed by atoms with Gasteiger partial charge in [0.1, 0.15) is 11.5 Å². The normalized spacial score (nSPS) is 29.6. The Morgan fingerprint density at radius 1 is 1.50 bits per heavy atom. The Hall–Kier alpha value is -0.670. The van der Waals surface area contributed by atoms with Crippen LogP contribution in [0.1, 0.15) is 24.8 Å². The summed E-state index contributed by atoms with van der Waals surface area (Å²) in [4.78, 5) is 0. The Bertz CT molecular complexity index is 397. The van der Waals surface area contributed by atoms with E-state index in [0.717, 1.165) is 0 Å². The molecule has 0 heterocycles. The molecule has 0 saturated heterocycles. The highest BCUT2D eigenvalue weighted by molar-refractivity contribution is 6.31. The van der Waals surface area contributed by atoms with Gasteiger partial charge in [0.25, 0.3) is 0 Å². The van der Waals surface area contributed by atoms with Crippen molar-refractivity contribution in [3.63, 3.8) is 0 Å². The van der Waals surface area contributed by atoms with Crippen LogP contribution in [0.3, 0.4) is 0 Å². The van der Waals surface area contributed by atoms with Gasteiger partial charge < -0.3 is 5.73 Å². The largest absolute Gasteiger partial charge is 0.328 e. The molecule has 1 aromatic carbocycles. The second-order valence-electron chi connectivity index (χ2n) is 4.57. The van der Waals surface area contributed by atoms with Gasteiger partial charge in [0.15, 0.2) is 0 Å². The fourth-order valence-electron chi connectivity index (χ4n) is 2.29. The maximum atomic E-state index is 14.3. The molecule has 16 heavy (non-hydrogen) atoms. The molecule has 1 aliphatic carbocycles. The van der Waals surface area contributed by atoms with Crippen molar-refractivity contribution in [1.82, 2.24) is 0 Å². The van der Waals surface area contributed by atoms with Crippen molar-refractivity contribution in [3.8, 4) is 0 Å². The molecule has 1 aromatic rings. The Balaban J connectivity index is 2.14. The minimum absolute atomic E-state index is 0.0655. The molecule has 1 nitrogen and oxygen atoms in total. The van der Waals surface area contributed by atoms with Gasteiger partial charge in [-0.2, -0.15) is 0 Å². The van der Waals surface area contributed by atoms with E-state index in [1.54, 1.807) is 6.07 Å². The van der Waals surface area contributed by atoms with E-state index in [0.29, 0.717) is 24.8 Å². The zero-order chi connectivity index (χ0) is 11.8. The van der Waals surface area contributed by atoms with Crippen LogP contribution in [-0.2, 0) is 6.42 Å². The number of alkyl halides is 1. The van der Waals surface area contributed by atoms with Gasteiger partial charge in [-0.1, -0.05) is 17.7 Å². The van der Waals surface area contributed by atoms with Gasteiger partial charge in [0, 0.05) is 17.5 Å². The number of nitrogens with two attached hydrogens (primary N) is 1. The van der Waals surface area contributed by atoms with E-state index in [9.17, 15) is 8.78 Å². The van der Waals surface area contributed by atoms with Gasteiger partial charge in [-0.05, 0) is 37.0 Å². The molecular formula is C12H14ClF2N. The smallest absolute Gasteiger partial charge is 0.124 e. The van der Waals surface area contributed by atoms with E-state index < -0.39 is 11.5 Å². The first kappa shape index (κ1) is 11.8. The lowest BCUT2D eigenvalue weighted by molar-refractivity contribution is 0.170. The predicted octanol–water partition coefficient (Wildman–Crippen LogP) is 3.24. The van der Waals surface area contributed by atoms with Crippen molar-refractivity contribution in [2.45, 2.75) is 37.4 Å². The minimum Gasteiger partial charge on any atom is -0.328 e. The average Bonchev–Trinajstić information content (AvgIpc) is 2.52. The second kappa shape index (κ2) is 4.30. The van der Waals surface area contributed by atoms with Gasteiger partial charge in [0.05, 0.1) is 0 Å². The molecule has 0 amide bonds. The molecule has 2 unspecified atom stereocenters. The van der Waals surface area contributed by atoms with E-state index in [4.69, 9.17) is 17.3 Å². The van der Waals surface area contributed by atoms with E-state index in [1.165, 1.54) is 12.1 Å². The van der Waals surface area contributed by atoms with Crippen LogP contribution in [-0.4, -0.2) is 11.7 Å². The number of hydrogen-bond acceptors (Lipinski definition) is 1. The maximum absolute atomic E-state index is 14.3. The molecule has 2 rings (SSSR count). The maximum Gasteiger partial charge on any atom is 0.124 e. The predicted molar refractivity (Wildman–Crippen MR) is 60.8 cm³/mol. The molecule has 0 bridgehead atoms. The Labute approximate surface area is 98.6 Å². The molecule has 1 fully saturated rings. The third-order valence-corrected chi connectivity index (χ3v) is 3.47. The summed E-state index contributed by atoms with van der Waals surface area (Å²) < 4.78 is 27.1. The zero-order valence-corrected chi connectivity index (χ0v) is 9.61. The lowest BCUT2D eigenvalue weighted by Crippen LogP contribution is -2.25. The minimum atomic E-state index is -1.28. The second-order valence-corrected chi connectivity index (χ2v) is 4.97. The van der Waals surface area contributed by atoms with Crippen LogP contribution in [0.2, 0.25) is 5.02 Å². The lowest BCUT2D eigenvalue weighted by atomic mass is 9.94. The molecular weight excluding hydrogens is 232 g/mol. The van der Waals surface area contributed by atoms with Gasteiger partial charge in [0.2, 0.25) is 0 Å². The molecule has 4 heteroatoms. The van der Waals surface area contributed by atoms with Crippen LogP contribution in [0, 0.1) is 5.82 Å². The van der Waals surface area contributed by atoms with Gasteiger partial charge in [-0.25, -0.2) is 8.78 Å². The number of hydrogen-bond donors (Lipinski definition) is 1. The quantitative estimate of drug-likeness (QED) is 0.851. The highest BCUT2D eigenvalue weighted by atomic mass is 35.5. The molecule has 0 radical (unpaired) electrons. The summed E-state index contributed by atoms with van der Waals surface area (Å²) in [5.41, 5.74) is 5.07. The highest BCUT2D eigenvalue weighted by Gasteiger charge is 2.38. The Kier molecular flexibility index (Phi) is 3.17. The highest BCUT2D eigenvalue weighted by Crippen LogP contribution is 2.37. The molecule has 0 aliphatic heterocycles. The summed E-state index contributed by atoms with van der Waals surface area (Å²) >= 11 is 5.87. The molecule has 1 aliphatic rings. The third-order valence-electron chi connectivity index (χ3n) is 3.11. The molecule has 2 N–H and O–H groups in total. The van der Waals surface area contributed by atoms with Gasteiger partial charge >= 0.3 is 0 Å². The van der Waals surface area contributed by atoms with E-state index in [1.807, 2.05) is 0 Å². The van der Waals surface area contributed by atoms with Crippen molar-refractivity contribution in [3.05, 3.63) is 34.6 Å². The first-order valence-corrected chi connectivity index (χ1v) is 5.75. The summed E-state index contributed by atoms with van der Waals surface area (Å²) in [6, 6.07) is 4.00. The third kappa shape index (κ3) is 2.53. The molecule has 88 valence electrons. The van der Waals surface area contributed by atoms with Crippen molar-refractivity contribution in [2.24, 2.45) is 5.73 Å². The number of halogens is 3. The summed E-state index contributed by atoms with van der Waals surface area (Å²) in [6.45, 7) is 0. The molecule has 0 aromatic heterocycles.